The number of nitrogens with one attached hydrogen (secondary N) is 2. The lowest BCUT2D eigenvalue weighted by Gasteiger charge is -2.10. The van der Waals surface area contributed by atoms with Crippen molar-refractivity contribution in [2.75, 3.05) is 11.9 Å². The number of rotatable bonds is 10. The largest absolute Gasteiger partial charge is 0.477 e. The van der Waals surface area contributed by atoms with Crippen LogP contribution in [0.4, 0.5) is 23.0 Å². The topological polar surface area (TPSA) is 118 Å². The van der Waals surface area contributed by atoms with E-state index in [0.717, 1.165) is 19.0 Å². The van der Waals surface area contributed by atoms with E-state index >= 15 is 0 Å². The van der Waals surface area contributed by atoms with E-state index in [1.165, 1.54) is 6.92 Å². The Morgan fingerprint density at radius 3 is 2.73 bits per heavy atom. The Bertz CT molecular complexity index is 1140. The van der Waals surface area contributed by atoms with Crippen molar-refractivity contribution >= 4 is 28.5 Å². The molecule has 1 aromatic carbocycles. The summed E-state index contributed by atoms with van der Waals surface area (Å²) in [6.07, 6.45) is 6.66. The molecule has 3 aromatic rings. The fraction of sp³-hybridized carbons (Fsp3) is 0.300. The quantitative estimate of drug-likeness (QED) is 0.297. The summed E-state index contributed by atoms with van der Waals surface area (Å²) in [5.41, 5.74) is -1.40. The second kappa shape index (κ2) is 10.8. The van der Waals surface area contributed by atoms with Gasteiger partial charge in [-0.3, -0.25) is 5.32 Å². The molecule has 33 heavy (non-hydrogen) atoms. The van der Waals surface area contributed by atoms with Crippen molar-refractivity contribution in [3.63, 3.8) is 0 Å². The fourth-order valence-corrected chi connectivity index (χ4v) is 3.58. The van der Waals surface area contributed by atoms with Gasteiger partial charge in [-0.2, -0.15) is 4.37 Å². The van der Waals surface area contributed by atoms with Gasteiger partial charge in [0.15, 0.2) is 17.2 Å². The van der Waals surface area contributed by atoms with Gasteiger partial charge in [0.25, 0.3) is 0 Å². The van der Waals surface area contributed by atoms with Gasteiger partial charge < -0.3 is 19.7 Å². The minimum atomic E-state index is -1.47. The number of unbranched alkanes of at least 4 members (excludes halogenated alkanes) is 1. The third-order valence-electron chi connectivity index (χ3n) is 4.58. The van der Waals surface area contributed by atoms with Crippen LogP contribution in [0.3, 0.4) is 0 Å². The van der Waals surface area contributed by atoms with Crippen molar-refractivity contribution in [3.05, 3.63) is 58.9 Å². The highest BCUT2D eigenvalue weighted by Crippen LogP contribution is 2.31. The van der Waals surface area contributed by atoms with E-state index in [4.69, 9.17) is 4.74 Å². The smallest absolute Gasteiger partial charge is 0.344 e. The van der Waals surface area contributed by atoms with Crippen LogP contribution in [0.25, 0.3) is 0 Å². The number of aromatic nitrogens is 3. The van der Waals surface area contributed by atoms with Crippen molar-refractivity contribution < 1.29 is 32.6 Å². The molecular weight excluding hydrogens is 463 g/mol. The van der Waals surface area contributed by atoms with Crippen molar-refractivity contribution in [3.8, 4) is 5.88 Å². The zero-order chi connectivity index (χ0) is 24.0. The Hall–Kier alpha value is -3.61. The number of hydrogen-bond acceptors (Lipinski definition) is 6. The van der Waals surface area contributed by atoms with Gasteiger partial charge in [-0.1, -0.05) is 0 Å². The number of nitrogens with zero attached hydrogens (tertiary/aromatic N) is 3. The van der Waals surface area contributed by atoms with Crippen LogP contribution < -0.4 is 15.4 Å². The number of hydrogen-bond donors (Lipinski definition) is 3. The summed E-state index contributed by atoms with van der Waals surface area (Å²) in [5, 5.41) is 14.3. The number of ether oxygens (including phenoxy) is 1. The van der Waals surface area contributed by atoms with Crippen LogP contribution in [0.2, 0.25) is 0 Å². The molecule has 0 fully saturated rings. The van der Waals surface area contributed by atoms with Crippen LogP contribution in [0.15, 0.2) is 24.8 Å². The summed E-state index contributed by atoms with van der Waals surface area (Å²) in [7, 11) is 0. The predicted octanol–water partition coefficient (Wildman–Crippen LogP) is 3.94. The Labute approximate surface area is 190 Å². The molecule has 176 valence electrons. The first kappa shape index (κ1) is 24.0. The number of carbonyl (C=O) groups excluding carboxylic acids is 1. The summed E-state index contributed by atoms with van der Waals surface area (Å²) >= 11 is 0.624. The molecule has 3 rings (SSSR count). The zero-order valence-electron chi connectivity index (χ0n) is 17.4. The molecule has 0 saturated heterocycles. The third kappa shape index (κ3) is 6.00. The lowest BCUT2D eigenvalue weighted by atomic mass is 10.1. The molecule has 0 radical (unpaired) electrons. The average Bonchev–Trinajstić information content (AvgIpc) is 3.42. The molecule has 0 unspecified atom stereocenters. The van der Waals surface area contributed by atoms with Gasteiger partial charge in [-0.25, -0.2) is 27.7 Å². The lowest BCUT2D eigenvalue weighted by molar-refractivity contribution is 0.0693. The van der Waals surface area contributed by atoms with Gasteiger partial charge in [0.1, 0.15) is 17.4 Å². The number of halogens is 3. The molecule has 2 aromatic heterocycles. The Balaban J connectivity index is 1.57. The summed E-state index contributed by atoms with van der Waals surface area (Å²) in [4.78, 5) is 27.7. The second-order valence-corrected chi connectivity index (χ2v) is 7.73. The van der Waals surface area contributed by atoms with Gasteiger partial charge in [-0.15, -0.1) is 0 Å². The highest BCUT2D eigenvalue weighted by atomic mass is 32.1. The van der Waals surface area contributed by atoms with E-state index in [1.807, 2.05) is 10.8 Å². The van der Waals surface area contributed by atoms with Crippen LogP contribution in [0, 0.1) is 24.4 Å². The summed E-state index contributed by atoms with van der Waals surface area (Å²) in [6, 6.07) is 0.163. The number of carboxylic acids is 1. The number of anilines is 1. The molecule has 0 aliphatic rings. The van der Waals surface area contributed by atoms with Gasteiger partial charge in [0.05, 0.1) is 11.9 Å². The number of benzene rings is 1. The number of aryl methyl sites for hydroxylation is 2. The standard InChI is InChI=1S/C20H20F3N5O4S/c1-11-8-13(21)12(16(23)15(11)22)9-32-17-14(19(29)30)18(33-27-17)26-20(31)25-4-2-3-6-28-7-5-24-10-28/h5,7-8,10H,2-4,6,9H2,1H3,(H,29,30)(H2,25,26,31). The maximum absolute atomic E-state index is 14.0. The van der Waals surface area contributed by atoms with Crippen molar-refractivity contribution in [1.29, 1.82) is 0 Å². The van der Waals surface area contributed by atoms with Crippen LogP contribution >= 0.6 is 11.5 Å². The van der Waals surface area contributed by atoms with E-state index < -0.39 is 53.1 Å². The maximum Gasteiger partial charge on any atom is 0.344 e. The van der Waals surface area contributed by atoms with E-state index in [-0.39, 0.29) is 10.6 Å². The molecule has 2 heterocycles. The van der Waals surface area contributed by atoms with Crippen molar-refractivity contribution in [2.24, 2.45) is 0 Å². The number of imidazole rings is 1. The molecule has 3 N–H and O–H groups in total. The molecule has 0 aliphatic heterocycles. The summed E-state index contributed by atoms with van der Waals surface area (Å²) in [5.74, 6) is -5.61. The molecule has 0 spiro atoms. The highest BCUT2D eigenvalue weighted by Gasteiger charge is 2.25. The predicted molar refractivity (Wildman–Crippen MR) is 113 cm³/mol. The minimum Gasteiger partial charge on any atom is -0.477 e. The molecule has 13 heteroatoms. The summed E-state index contributed by atoms with van der Waals surface area (Å²) in [6.45, 7) is 1.51. The molecule has 0 saturated carbocycles. The molecule has 0 aliphatic carbocycles. The Morgan fingerprint density at radius 1 is 1.24 bits per heavy atom. The van der Waals surface area contributed by atoms with E-state index in [1.54, 1.807) is 12.5 Å². The van der Waals surface area contributed by atoms with Crippen LogP contribution in [0.1, 0.15) is 34.3 Å². The van der Waals surface area contributed by atoms with Gasteiger partial charge in [-0.05, 0) is 42.9 Å². The number of aromatic carboxylic acids is 1. The first-order valence-electron chi connectivity index (χ1n) is 9.77. The minimum absolute atomic E-state index is 0.121. The van der Waals surface area contributed by atoms with Crippen LogP contribution in [0.5, 0.6) is 5.88 Å². The molecule has 2 amide bonds. The maximum atomic E-state index is 14.0. The Morgan fingerprint density at radius 2 is 2.03 bits per heavy atom. The number of carboxylic acid groups (broad SMARTS) is 1. The number of carbonyl (C=O) groups is 2. The van der Waals surface area contributed by atoms with Crippen molar-refractivity contribution in [1.82, 2.24) is 19.2 Å². The van der Waals surface area contributed by atoms with Crippen LogP contribution in [-0.2, 0) is 13.2 Å². The SMILES string of the molecule is Cc1cc(F)c(COc2nsc(NC(=O)NCCCCn3ccnc3)c2C(=O)O)c(F)c1F. The lowest BCUT2D eigenvalue weighted by Crippen LogP contribution is -2.29. The molecular formula is C20H20F3N5O4S. The van der Waals surface area contributed by atoms with E-state index in [0.29, 0.717) is 24.5 Å². The van der Waals surface area contributed by atoms with Gasteiger partial charge >= 0.3 is 12.0 Å². The third-order valence-corrected chi connectivity index (χ3v) is 5.32. The molecule has 9 nitrogen and oxygen atoms in total. The monoisotopic (exact) mass is 483 g/mol. The molecule has 0 bridgehead atoms. The van der Waals surface area contributed by atoms with Crippen LogP contribution in [-0.4, -0.2) is 37.6 Å². The van der Waals surface area contributed by atoms with E-state index in [9.17, 15) is 27.9 Å². The van der Waals surface area contributed by atoms with Gasteiger partial charge in [0.2, 0.25) is 5.88 Å². The Kier molecular flexibility index (Phi) is 7.87. The normalized spacial score (nSPS) is 10.8. The van der Waals surface area contributed by atoms with Gasteiger partial charge in [0, 0.05) is 25.5 Å². The van der Waals surface area contributed by atoms with Crippen molar-refractivity contribution in [2.45, 2.75) is 32.9 Å². The second-order valence-electron chi connectivity index (χ2n) is 6.96. The zero-order valence-corrected chi connectivity index (χ0v) is 18.2. The number of urea groups is 1. The highest BCUT2D eigenvalue weighted by molar-refractivity contribution is 7.11. The fourth-order valence-electron chi connectivity index (χ4n) is 2.86. The summed E-state index contributed by atoms with van der Waals surface area (Å²) < 4.78 is 52.6. The first-order valence-corrected chi connectivity index (χ1v) is 10.5. The average molecular weight is 483 g/mol. The molecule has 0 atom stereocenters. The first-order chi connectivity index (χ1) is 15.8. The van der Waals surface area contributed by atoms with E-state index in [2.05, 4.69) is 20.0 Å². The number of amides is 2.